The molecule has 0 unspecified atom stereocenters. The molecule has 0 radical (unpaired) electrons. The third-order valence-electron chi connectivity index (χ3n) is 3.27. The molecule has 22 heavy (non-hydrogen) atoms. The Kier molecular flexibility index (Phi) is 5.38. The average Bonchev–Trinajstić information content (AvgIpc) is 2.52. The molecule has 0 saturated heterocycles. The number of rotatable bonds is 5. The van der Waals surface area contributed by atoms with Crippen LogP contribution in [0, 0.1) is 5.82 Å². The molecule has 0 spiro atoms. The van der Waals surface area contributed by atoms with Crippen molar-refractivity contribution in [1.82, 2.24) is 4.57 Å². The van der Waals surface area contributed by atoms with Gasteiger partial charge < -0.3 is 9.88 Å². The molecule has 0 aliphatic carbocycles. The van der Waals surface area contributed by atoms with Gasteiger partial charge in [0, 0.05) is 6.20 Å². The minimum absolute atomic E-state index is 0.205. The van der Waals surface area contributed by atoms with Crippen molar-refractivity contribution in [1.29, 1.82) is 0 Å². The summed E-state index contributed by atoms with van der Waals surface area (Å²) in [6, 6.07) is 9.24. The minimum Gasteiger partial charge on any atom is -0.321 e. The van der Waals surface area contributed by atoms with Crippen LogP contribution in [-0.2, 0) is 11.3 Å². The number of halogens is 1. The number of nitrogens with zero attached hydrogens (tertiary/aromatic N) is 1. The van der Waals surface area contributed by atoms with Crippen LogP contribution >= 0.6 is 11.8 Å². The van der Waals surface area contributed by atoms with Crippen molar-refractivity contribution in [2.24, 2.45) is 0 Å². The second-order valence-electron chi connectivity index (χ2n) is 4.85. The van der Waals surface area contributed by atoms with Crippen molar-refractivity contribution in [3.63, 3.8) is 0 Å². The Hall–Kier alpha value is -2.08. The lowest BCUT2D eigenvalue weighted by molar-refractivity contribution is -0.115. The molecule has 2 rings (SSSR count). The zero-order valence-corrected chi connectivity index (χ0v) is 13.2. The van der Waals surface area contributed by atoms with E-state index in [1.54, 1.807) is 37.4 Å². The third-order valence-corrected chi connectivity index (χ3v) is 4.19. The number of nitrogens with one attached hydrogen (secondary N) is 1. The van der Waals surface area contributed by atoms with Gasteiger partial charge >= 0.3 is 0 Å². The van der Waals surface area contributed by atoms with Gasteiger partial charge in [0.2, 0.25) is 5.91 Å². The number of aromatic nitrogens is 1. The van der Waals surface area contributed by atoms with E-state index < -0.39 is 0 Å². The lowest BCUT2D eigenvalue weighted by atomic mass is 10.2. The maximum absolute atomic E-state index is 12.9. The highest BCUT2D eigenvalue weighted by Gasteiger charge is 2.13. The molecule has 116 valence electrons. The van der Waals surface area contributed by atoms with Crippen LogP contribution in [0.1, 0.15) is 12.5 Å². The maximum atomic E-state index is 12.9. The highest BCUT2D eigenvalue weighted by Crippen LogP contribution is 2.09. The molecule has 1 N–H and O–H groups in total. The van der Waals surface area contributed by atoms with Gasteiger partial charge in [0.25, 0.3) is 5.56 Å². The van der Waals surface area contributed by atoms with E-state index in [1.807, 2.05) is 6.26 Å². The first-order valence-corrected chi connectivity index (χ1v) is 8.07. The quantitative estimate of drug-likeness (QED) is 0.921. The Morgan fingerprint density at radius 3 is 2.64 bits per heavy atom. The zero-order valence-electron chi connectivity index (χ0n) is 12.4. The number of hydrogen-bond acceptors (Lipinski definition) is 3. The predicted molar refractivity (Wildman–Crippen MR) is 87.8 cm³/mol. The van der Waals surface area contributed by atoms with Crippen LogP contribution in [0.4, 0.5) is 10.1 Å². The Labute approximate surface area is 132 Å². The molecular formula is C16H17FN2O2S. The number of carbonyl (C=O) groups is 1. The second kappa shape index (κ2) is 7.26. The number of amides is 1. The fourth-order valence-electron chi connectivity index (χ4n) is 1.88. The first-order chi connectivity index (χ1) is 10.5. The molecule has 6 heteroatoms. The maximum Gasteiger partial charge on any atom is 0.274 e. The standard InChI is InChI=1S/C16H17FN2O2S/c1-11(22-2)15(20)18-14-4-3-9-19(16(14)21)10-12-5-7-13(17)8-6-12/h3-9,11H,10H2,1-2H3,(H,18,20)/t11-/m1/s1. The smallest absolute Gasteiger partial charge is 0.274 e. The van der Waals surface area contributed by atoms with E-state index in [2.05, 4.69) is 5.32 Å². The summed E-state index contributed by atoms with van der Waals surface area (Å²) in [4.78, 5) is 24.2. The van der Waals surface area contributed by atoms with Crippen molar-refractivity contribution in [3.05, 3.63) is 64.3 Å². The lowest BCUT2D eigenvalue weighted by Gasteiger charge is -2.11. The molecule has 0 fully saturated rings. The van der Waals surface area contributed by atoms with E-state index in [4.69, 9.17) is 0 Å². The van der Waals surface area contributed by atoms with Crippen molar-refractivity contribution in [3.8, 4) is 0 Å². The van der Waals surface area contributed by atoms with Crippen LogP contribution in [-0.4, -0.2) is 22.0 Å². The van der Waals surface area contributed by atoms with Crippen molar-refractivity contribution in [2.45, 2.75) is 18.7 Å². The average molecular weight is 320 g/mol. The topological polar surface area (TPSA) is 51.1 Å². The van der Waals surface area contributed by atoms with E-state index in [-0.39, 0.29) is 28.2 Å². The Balaban J connectivity index is 2.20. The Bertz CT molecular complexity index is 713. The molecular weight excluding hydrogens is 303 g/mol. The van der Waals surface area contributed by atoms with Crippen LogP contribution in [0.5, 0.6) is 0 Å². The van der Waals surface area contributed by atoms with Gasteiger partial charge in [0.15, 0.2) is 0 Å². The summed E-state index contributed by atoms with van der Waals surface area (Å²) >= 11 is 1.41. The van der Waals surface area contributed by atoms with Crippen molar-refractivity contribution in [2.75, 3.05) is 11.6 Å². The summed E-state index contributed by atoms with van der Waals surface area (Å²) in [5, 5.41) is 2.41. The van der Waals surface area contributed by atoms with Crippen molar-refractivity contribution < 1.29 is 9.18 Å². The van der Waals surface area contributed by atoms with Gasteiger partial charge in [0.05, 0.1) is 11.8 Å². The fourth-order valence-corrected chi connectivity index (χ4v) is 2.16. The first-order valence-electron chi connectivity index (χ1n) is 6.79. The van der Waals surface area contributed by atoms with Gasteiger partial charge in [0.1, 0.15) is 11.5 Å². The molecule has 1 amide bonds. The molecule has 0 aliphatic rings. The van der Waals surface area contributed by atoms with Crippen LogP contribution in [0.25, 0.3) is 0 Å². The zero-order chi connectivity index (χ0) is 16.1. The summed E-state index contributed by atoms with van der Waals surface area (Å²) in [7, 11) is 0. The first kappa shape index (κ1) is 16.3. The van der Waals surface area contributed by atoms with E-state index in [1.165, 1.54) is 28.5 Å². The van der Waals surface area contributed by atoms with Crippen LogP contribution < -0.4 is 10.9 Å². The van der Waals surface area contributed by atoms with Gasteiger partial charge in [-0.3, -0.25) is 9.59 Å². The summed E-state index contributed by atoms with van der Waals surface area (Å²) in [5.41, 5.74) is 0.772. The van der Waals surface area contributed by atoms with Crippen LogP contribution in [0.2, 0.25) is 0 Å². The lowest BCUT2D eigenvalue weighted by Crippen LogP contribution is -2.29. The van der Waals surface area contributed by atoms with Gasteiger partial charge in [-0.05, 0) is 43.0 Å². The molecule has 1 heterocycles. The molecule has 0 saturated carbocycles. The molecule has 4 nitrogen and oxygen atoms in total. The Morgan fingerprint density at radius 1 is 1.32 bits per heavy atom. The Morgan fingerprint density at radius 2 is 2.00 bits per heavy atom. The normalized spacial score (nSPS) is 12.0. The number of pyridine rings is 1. The van der Waals surface area contributed by atoms with Gasteiger partial charge in [-0.1, -0.05) is 12.1 Å². The van der Waals surface area contributed by atoms with Crippen LogP contribution in [0.15, 0.2) is 47.4 Å². The van der Waals surface area contributed by atoms with E-state index in [0.29, 0.717) is 6.54 Å². The second-order valence-corrected chi connectivity index (χ2v) is 6.03. The highest BCUT2D eigenvalue weighted by atomic mass is 32.2. The van der Waals surface area contributed by atoms with E-state index >= 15 is 0 Å². The molecule has 1 aromatic heterocycles. The van der Waals surface area contributed by atoms with Gasteiger partial charge in [-0.2, -0.15) is 11.8 Å². The highest BCUT2D eigenvalue weighted by molar-refractivity contribution is 7.99. The predicted octanol–water partition coefficient (Wildman–Crippen LogP) is 2.73. The number of anilines is 1. The van der Waals surface area contributed by atoms with Crippen LogP contribution in [0.3, 0.4) is 0 Å². The SMILES string of the molecule is CS[C@H](C)C(=O)Nc1cccn(Cc2ccc(F)cc2)c1=O. The molecule has 2 aromatic rings. The third kappa shape index (κ3) is 3.98. The van der Waals surface area contributed by atoms with Gasteiger partial charge in [-0.25, -0.2) is 4.39 Å². The number of benzene rings is 1. The molecule has 1 atom stereocenters. The summed E-state index contributed by atoms with van der Waals surface area (Å²) < 4.78 is 14.4. The monoisotopic (exact) mass is 320 g/mol. The number of carbonyl (C=O) groups excluding carboxylic acids is 1. The fraction of sp³-hybridized carbons (Fsp3) is 0.250. The number of hydrogen-bond donors (Lipinski definition) is 1. The van der Waals surface area contributed by atoms with Crippen molar-refractivity contribution >= 4 is 23.4 Å². The van der Waals surface area contributed by atoms with Gasteiger partial charge in [-0.15, -0.1) is 0 Å². The van der Waals surface area contributed by atoms with E-state index in [9.17, 15) is 14.0 Å². The molecule has 1 aromatic carbocycles. The molecule has 0 bridgehead atoms. The summed E-state index contributed by atoms with van der Waals surface area (Å²) in [6.45, 7) is 2.10. The summed E-state index contributed by atoms with van der Waals surface area (Å²) in [5.74, 6) is -0.521. The largest absolute Gasteiger partial charge is 0.321 e. The number of thioether (sulfide) groups is 1. The summed E-state index contributed by atoms with van der Waals surface area (Å²) in [6.07, 6.45) is 3.47. The minimum atomic E-state index is -0.317. The van der Waals surface area contributed by atoms with E-state index in [0.717, 1.165) is 5.56 Å². The molecule has 0 aliphatic heterocycles.